The highest BCUT2D eigenvalue weighted by Gasteiger charge is 2.56. The maximum atomic E-state index is 12.0. The second kappa shape index (κ2) is 4.59. The molecule has 1 fully saturated rings. The van der Waals surface area contributed by atoms with Crippen LogP contribution in [0, 0.1) is 0 Å². The van der Waals surface area contributed by atoms with Crippen LogP contribution in [0.25, 0.3) is 0 Å². The van der Waals surface area contributed by atoms with Gasteiger partial charge in [-0.1, -0.05) is 30.3 Å². The number of hydrogen-bond donors (Lipinski definition) is 1. The third-order valence-corrected chi connectivity index (χ3v) is 3.43. The first-order valence-corrected chi connectivity index (χ1v) is 6.24. The molecule has 2 heterocycles. The number of aliphatic carboxylic acids is 1. The molecule has 1 aromatic carbocycles. The summed E-state index contributed by atoms with van der Waals surface area (Å²) >= 11 is 0. The van der Waals surface area contributed by atoms with Gasteiger partial charge in [-0.25, -0.2) is 9.59 Å². The third kappa shape index (κ3) is 2.34. The Kier molecular flexibility index (Phi) is 2.89. The lowest BCUT2D eigenvalue weighted by molar-refractivity contribution is -0.141. The lowest BCUT2D eigenvalue weighted by Crippen LogP contribution is -2.40. The van der Waals surface area contributed by atoms with Crippen LogP contribution in [0.1, 0.15) is 12.0 Å². The van der Waals surface area contributed by atoms with E-state index in [0.29, 0.717) is 0 Å². The molecule has 20 heavy (non-hydrogen) atoms. The molecule has 0 bridgehead atoms. The van der Waals surface area contributed by atoms with Gasteiger partial charge < -0.3 is 9.84 Å². The van der Waals surface area contributed by atoms with E-state index in [-0.39, 0.29) is 19.6 Å². The van der Waals surface area contributed by atoms with Crippen LogP contribution in [0.5, 0.6) is 0 Å². The molecule has 0 unspecified atom stereocenters. The van der Waals surface area contributed by atoms with Crippen molar-refractivity contribution in [3.63, 3.8) is 0 Å². The Morgan fingerprint density at radius 2 is 2.05 bits per heavy atom. The Hall–Kier alpha value is -2.44. The van der Waals surface area contributed by atoms with Crippen LogP contribution >= 0.6 is 0 Å². The largest absolute Gasteiger partial charge is 0.480 e. The average molecular weight is 275 g/mol. The van der Waals surface area contributed by atoms with Crippen molar-refractivity contribution < 1.29 is 19.4 Å². The van der Waals surface area contributed by atoms with Gasteiger partial charge in [0.15, 0.2) is 0 Å². The van der Waals surface area contributed by atoms with Gasteiger partial charge in [0.05, 0.1) is 6.54 Å². The summed E-state index contributed by atoms with van der Waals surface area (Å²) in [4.78, 5) is 24.4. The molecule has 0 saturated carbocycles. The smallest absolute Gasteiger partial charge is 0.411 e. The van der Waals surface area contributed by atoms with Crippen molar-refractivity contribution in [1.29, 1.82) is 0 Å². The molecular formula is C13H13N3O4. The zero-order valence-electron chi connectivity index (χ0n) is 10.6. The van der Waals surface area contributed by atoms with Crippen molar-refractivity contribution >= 4 is 12.1 Å². The van der Waals surface area contributed by atoms with Crippen molar-refractivity contribution in [3.05, 3.63) is 35.9 Å². The minimum Gasteiger partial charge on any atom is -0.480 e. The van der Waals surface area contributed by atoms with E-state index in [1.807, 2.05) is 30.3 Å². The number of hydrogen-bond acceptors (Lipinski definition) is 5. The summed E-state index contributed by atoms with van der Waals surface area (Å²) in [5, 5.41) is 16.8. The van der Waals surface area contributed by atoms with Gasteiger partial charge in [0, 0.05) is 6.42 Å². The summed E-state index contributed by atoms with van der Waals surface area (Å²) in [5.41, 5.74) is 0.150. The highest BCUT2D eigenvalue weighted by molar-refractivity contribution is 5.81. The molecule has 0 aromatic heterocycles. The first kappa shape index (κ1) is 12.6. The molecule has 1 spiro atoms. The number of carboxylic acid groups (broad SMARTS) is 1. The van der Waals surface area contributed by atoms with Gasteiger partial charge in [0.1, 0.15) is 12.6 Å². The van der Waals surface area contributed by atoms with Crippen LogP contribution in [0.3, 0.4) is 0 Å². The monoisotopic (exact) mass is 275 g/mol. The molecule has 2 aliphatic rings. The van der Waals surface area contributed by atoms with Gasteiger partial charge in [-0.2, -0.15) is 10.2 Å². The number of amides is 1. The molecule has 104 valence electrons. The summed E-state index contributed by atoms with van der Waals surface area (Å²) in [6, 6.07) is 8.30. The first-order chi connectivity index (χ1) is 9.60. The molecule has 3 rings (SSSR count). The third-order valence-electron chi connectivity index (χ3n) is 3.43. The van der Waals surface area contributed by atoms with Gasteiger partial charge in [-0.15, -0.1) is 0 Å². The molecule has 1 N–H and O–H groups in total. The highest BCUT2D eigenvalue weighted by Crippen LogP contribution is 2.41. The first-order valence-electron chi connectivity index (χ1n) is 6.24. The Balaban J connectivity index is 1.62. The fourth-order valence-electron chi connectivity index (χ4n) is 2.30. The Morgan fingerprint density at radius 3 is 2.65 bits per heavy atom. The number of ether oxygens (including phenoxy) is 1. The predicted molar refractivity (Wildman–Crippen MR) is 67.0 cm³/mol. The van der Waals surface area contributed by atoms with E-state index in [4.69, 9.17) is 9.84 Å². The predicted octanol–water partition coefficient (Wildman–Crippen LogP) is 1.64. The van der Waals surface area contributed by atoms with Gasteiger partial charge >= 0.3 is 12.1 Å². The highest BCUT2D eigenvalue weighted by atomic mass is 16.6. The number of carbonyl (C=O) groups excluding carboxylic acids is 1. The maximum Gasteiger partial charge on any atom is 0.411 e. The van der Waals surface area contributed by atoms with E-state index in [2.05, 4.69) is 10.2 Å². The maximum absolute atomic E-state index is 12.0. The molecular weight excluding hydrogens is 262 g/mol. The number of rotatable bonds is 3. The molecule has 7 nitrogen and oxygen atoms in total. The fourth-order valence-corrected chi connectivity index (χ4v) is 2.30. The molecule has 1 saturated heterocycles. The number of benzene rings is 1. The topological polar surface area (TPSA) is 91.6 Å². The van der Waals surface area contributed by atoms with Crippen molar-refractivity contribution in [3.8, 4) is 0 Å². The Labute approximate surface area is 114 Å². The van der Waals surface area contributed by atoms with E-state index in [1.165, 1.54) is 4.90 Å². The zero-order valence-corrected chi connectivity index (χ0v) is 10.6. The van der Waals surface area contributed by atoms with Gasteiger partial charge in [0.25, 0.3) is 0 Å². The quantitative estimate of drug-likeness (QED) is 0.907. The van der Waals surface area contributed by atoms with Gasteiger partial charge in [0.2, 0.25) is 5.66 Å². The molecule has 1 atom stereocenters. The number of nitrogens with zero attached hydrogens (tertiary/aromatic N) is 3. The van der Waals surface area contributed by atoms with Crippen molar-refractivity contribution in [2.75, 3.05) is 6.54 Å². The number of carboxylic acids is 1. The summed E-state index contributed by atoms with van der Waals surface area (Å²) < 4.78 is 5.15. The second-order valence-electron chi connectivity index (χ2n) is 4.91. The standard InChI is InChI=1S/C13H13N3O4/c17-11(18)10-6-13(14-15-13)8-16(10)12(19)20-7-9-4-2-1-3-5-9/h1-5,10H,6-8H2,(H,17,18)/t10-/m0/s1. The SMILES string of the molecule is O=C(O)[C@@H]1CC2(CN1C(=O)OCc1ccccc1)N=N2. The van der Waals surface area contributed by atoms with Gasteiger partial charge in [-0.3, -0.25) is 4.90 Å². The molecule has 1 amide bonds. The Morgan fingerprint density at radius 1 is 1.35 bits per heavy atom. The van der Waals surface area contributed by atoms with Crippen LogP contribution < -0.4 is 0 Å². The minimum atomic E-state index is -1.06. The molecule has 2 aliphatic heterocycles. The van der Waals surface area contributed by atoms with Gasteiger partial charge in [-0.05, 0) is 5.56 Å². The van der Waals surface area contributed by atoms with E-state index in [1.54, 1.807) is 0 Å². The lowest BCUT2D eigenvalue weighted by atomic mass is 10.1. The van der Waals surface area contributed by atoms with E-state index in [0.717, 1.165) is 5.56 Å². The molecule has 1 aromatic rings. The lowest BCUT2D eigenvalue weighted by Gasteiger charge is -2.20. The second-order valence-corrected chi connectivity index (χ2v) is 4.91. The minimum absolute atomic E-state index is 0.115. The van der Waals surface area contributed by atoms with E-state index >= 15 is 0 Å². The van der Waals surface area contributed by atoms with Crippen molar-refractivity contribution in [2.24, 2.45) is 10.2 Å². The van der Waals surface area contributed by atoms with Crippen LogP contribution in [0.4, 0.5) is 4.79 Å². The van der Waals surface area contributed by atoms with Crippen LogP contribution in [-0.4, -0.2) is 40.3 Å². The fraction of sp³-hybridized carbons (Fsp3) is 0.385. The molecule has 0 radical (unpaired) electrons. The Bertz CT molecular complexity index is 566. The number of likely N-dealkylation sites (tertiary alicyclic amines) is 1. The summed E-state index contributed by atoms with van der Waals surface area (Å²) in [7, 11) is 0. The molecule has 0 aliphatic carbocycles. The van der Waals surface area contributed by atoms with Crippen molar-refractivity contribution in [2.45, 2.75) is 24.7 Å². The summed E-state index contributed by atoms with van der Waals surface area (Å²) in [6.45, 7) is 0.293. The van der Waals surface area contributed by atoms with Crippen LogP contribution in [0.2, 0.25) is 0 Å². The average Bonchev–Trinajstić information content (AvgIpc) is 3.08. The van der Waals surface area contributed by atoms with E-state index < -0.39 is 23.8 Å². The summed E-state index contributed by atoms with van der Waals surface area (Å²) in [6.07, 6.45) is -0.418. The van der Waals surface area contributed by atoms with E-state index in [9.17, 15) is 9.59 Å². The normalized spacial score (nSPS) is 22.0. The number of carbonyl (C=O) groups is 2. The van der Waals surface area contributed by atoms with Crippen LogP contribution in [0.15, 0.2) is 40.6 Å². The zero-order chi connectivity index (χ0) is 14.2. The van der Waals surface area contributed by atoms with Crippen molar-refractivity contribution in [1.82, 2.24) is 4.90 Å². The summed E-state index contributed by atoms with van der Waals surface area (Å²) in [5.74, 6) is -1.06. The molecule has 7 heteroatoms. The van der Waals surface area contributed by atoms with Crippen LogP contribution in [-0.2, 0) is 16.1 Å².